The molecule has 1 aromatic rings. The molecule has 0 heterocycles. The van der Waals surface area contributed by atoms with Gasteiger partial charge in [0.25, 0.3) is 5.91 Å². The molecule has 0 aromatic heterocycles. The Morgan fingerprint density at radius 2 is 2.00 bits per heavy atom. The summed E-state index contributed by atoms with van der Waals surface area (Å²) in [5.41, 5.74) is 0.727. The van der Waals surface area contributed by atoms with Crippen molar-refractivity contribution in [2.75, 3.05) is 13.6 Å². The van der Waals surface area contributed by atoms with Crippen molar-refractivity contribution in [1.29, 1.82) is 0 Å². The van der Waals surface area contributed by atoms with Crippen LogP contribution in [0.3, 0.4) is 0 Å². The molecule has 1 aromatic carbocycles. The van der Waals surface area contributed by atoms with Crippen molar-refractivity contribution in [1.82, 2.24) is 4.90 Å². The van der Waals surface area contributed by atoms with E-state index in [9.17, 15) is 4.79 Å². The molecule has 0 spiro atoms. The van der Waals surface area contributed by atoms with Crippen LogP contribution >= 0.6 is 31.9 Å². The molecule has 0 atom stereocenters. The van der Waals surface area contributed by atoms with Crippen LogP contribution in [-0.2, 0) is 0 Å². The average molecular weight is 375 g/mol. The van der Waals surface area contributed by atoms with E-state index in [1.807, 2.05) is 30.1 Å². The van der Waals surface area contributed by atoms with Gasteiger partial charge < -0.3 is 4.90 Å². The van der Waals surface area contributed by atoms with Gasteiger partial charge in [0, 0.05) is 22.5 Å². The SMILES string of the molecule is CN(CC1CCCC1)C(=O)c1cc(Br)ccc1Br. The maximum atomic E-state index is 12.4. The van der Waals surface area contributed by atoms with E-state index in [4.69, 9.17) is 0 Å². The minimum Gasteiger partial charge on any atom is -0.341 e. The highest BCUT2D eigenvalue weighted by atomic mass is 79.9. The normalized spacial score (nSPS) is 15.9. The maximum absolute atomic E-state index is 12.4. The molecule has 0 radical (unpaired) electrons. The molecule has 1 amide bonds. The second-order valence-corrected chi connectivity index (χ2v) is 6.73. The lowest BCUT2D eigenvalue weighted by Gasteiger charge is -2.21. The Labute approximate surface area is 125 Å². The molecule has 1 aliphatic rings. The van der Waals surface area contributed by atoms with Crippen molar-refractivity contribution in [3.63, 3.8) is 0 Å². The number of nitrogens with zero attached hydrogens (tertiary/aromatic N) is 1. The van der Waals surface area contributed by atoms with E-state index in [0.29, 0.717) is 5.92 Å². The number of hydrogen-bond donors (Lipinski definition) is 0. The minimum atomic E-state index is 0.0927. The molecule has 1 aliphatic carbocycles. The van der Waals surface area contributed by atoms with Crippen LogP contribution in [0.4, 0.5) is 0 Å². The maximum Gasteiger partial charge on any atom is 0.254 e. The van der Waals surface area contributed by atoms with Gasteiger partial charge in [-0.2, -0.15) is 0 Å². The van der Waals surface area contributed by atoms with Gasteiger partial charge in [0.1, 0.15) is 0 Å². The van der Waals surface area contributed by atoms with E-state index in [2.05, 4.69) is 31.9 Å². The third-order valence-electron chi connectivity index (χ3n) is 3.51. The molecular weight excluding hydrogens is 358 g/mol. The van der Waals surface area contributed by atoms with Crippen LogP contribution in [0.1, 0.15) is 36.0 Å². The first-order valence-electron chi connectivity index (χ1n) is 6.28. The van der Waals surface area contributed by atoms with E-state index in [1.54, 1.807) is 0 Å². The topological polar surface area (TPSA) is 20.3 Å². The largest absolute Gasteiger partial charge is 0.341 e. The first-order chi connectivity index (χ1) is 8.58. The summed E-state index contributed by atoms with van der Waals surface area (Å²) in [6, 6.07) is 5.70. The number of halogens is 2. The summed E-state index contributed by atoms with van der Waals surface area (Å²) in [4.78, 5) is 14.2. The molecule has 0 unspecified atom stereocenters. The van der Waals surface area contributed by atoms with Crippen molar-refractivity contribution >= 4 is 37.8 Å². The Kier molecular flexibility index (Phi) is 4.84. The van der Waals surface area contributed by atoms with Gasteiger partial charge in [0.05, 0.1) is 5.56 Å². The second kappa shape index (κ2) is 6.20. The Bertz CT molecular complexity index is 441. The zero-order chi connectivity index (χ0) is 13.1. The van der Waals surface area contributed by atoms with E-state index in [-0.39, 0.29) is 5.91 Å². The van der Waals surface area contributed by atoms with Gasteiger partial charge in [-0.25, -0.2) is 0 Å². The predicted octanol–water partition coefficient (Wildman–Crippen LogP) is 4.47. The second-order valence-electron chi connectivity index (χ2n) is 4.96. The molecule has 1 fully saturated rings. The van der Waals surface area contributed by atoms with Gasteiger partial charge in [-0.15, -0.1) is 0 Å². The number of amides is 1. The van der Waals surface area contributed by atoms with Crippen molar-refractivity contribution < 1.29 is 4.79 Å². The Morgan fingerprint density at radius 1 is 1.33 bits per heavy atom. The molecule has 2 rings (SSSR count). The van der Waals surface area contributed by atoms with Crippen LogP contribution in [-0.4, -0.2) is 24.4 Å². The fourth-order valence-corrected chi connectivity index (χ4v) is 3.31. The van der Waals surface area contributed by atoms with E-state index < -0.39 is 0 Å². The summed E-state index contributed by atoms with van der Waals surface area (Å²) in [5.74, 6) is 0.778. The molecule has 1 saturated carbocycles. The first-order valence-corrected chi connectivity index (χ1v) is 7.87. The van der Waals surface area contributed by atoms with Crippen LogP contribution < -0.4 is 0 Å². The summed E-state index contributed by atoms with van der Waals surface area (Å²) in [6.45, 7) is 0.873. The third kappa shape index (κ3) is 3.35. The van der Waals surface area contributed by atoms with Crippen LogP contribution in [0.2, 0.25) is 0 Å². The lowest BCUT2D eigenvalue weighted by atomic mass is 10.1. The van der Waals surface area contributed by atoms with E-state index >= 15 is 0 Å². The van der Waals surface area contributed by atoms with Gasteiger partial charge in [0.15, 0.2) is 0 Å². The molecule has 98 valence electrons. The molecule has 4 heteroatoms. The smallest absolute Gasteiger partial charge is 0.254 e. The van der Waals surface area contributed by atoms with Gasteiger partial charge >= 0.3 is 0 Å². The van der Waals surface area contributed by atoms with Gasteiger partial charge in [-0.1, -0.05) is 28.8 Å². The highest BCUT2D eigenvalue weighted by Crippen LogP contribution is 2.27. The van der Waals surface area contributed by atoms with Gasteiger partial charge in [0.2, 0.25) is 0 Å². The van der Waals surface area contributed by atoms with Crippen LogP contribution in [0.15, 0.2) is 27.1 Å². The molecular formula is C14H17Br2NO. The third-order valence-corrected chi connectivity index (χ3v) is 4.70. The van der Waals surface area contributed by atoms with Crippen molar-refractivity contribution in [3.05, 3.63) is 32.7 Å². The summed E-state index contributed by atoms with van der Waals surface area (Å²) < 4.78 is 1.79. The quantitative estimate of drug-likeness (QED) is 0.764. The van der Waals surface area contributed by atoms with E-state index in [0.717, 1.165) is 21.1 Å². The predicted molar refractivity (Wildman–Crippen MR) is 80.8 cm³/mol. The fraction of sp³-hybridized carbons (Fsp3) is 0.500. The van der Waals surface area contributed by atoms with E-state index in [1.165, 1.54) is 25.7 Å². The zero-order valence-electron chi connectivity index (χ0n) is 10.5. The number of benzene rings is 1. The highest BCUT2D eigenvalue weighted by molar-refractivity contribution is 9.11. The highest BCUT2D eigenvalue weighted by Gasteiger charge is 2.21. The zero-order valence-corrected chi connectivity index (χ0v) is 13.6. The number of carbonyl (C=O) groups excluding carboxylic acids is 1. The Hall–Kier alpha value is -0.350. The van der Waals surface area contributed by atoms with Crippen LogP contribution in [0.25, 0.3) is 0 Å². The molecule has 2 nitrogen and oxygen atoms in total. The lowest BCUT2D eigenvalue weighted by molar-refractivity contribution is 0.0772. The first kappa shape index (κ1) is 14.1. The summed E-state index contributed by atoms with van der Waals surface area (Å²) in [6.07, 6.45) is 5.15. The van der Waals surface area contributed by atoms with Crippen molar-refractivity contribution in [3.8, 4) is 0 Å². The number of hydrogen-bond acceptors (Lipinski definition) is 1. The summed E-state index contributed by atoms with van der Waals surface area (Å²) in [7, 11) is 1.90. The van der Waals surface area contributed by atoms with Crippen LogP contribution in [0, 0.1) is 5.92 Å². The average Bonchev–Trinajstić information content (AvgIpc) is 2.84. The molecule has 0 N–H and O–H groups in total. The van der Waals surface area contributed by atoms with Gasteiger partial charge in [-0.3, -0.25) is 4.79 Å². The molecule has 0 bridgehead atoms. The lowest BCUT2D eigenvalue weighted by Crippen LogP contribution is -2.31. The summed E-state index contributed by atoms with van der Waals surface area (Å²) in [5, 5.41) is 0. The standard InChI is InChI=1S/C14H17Br2NO/c1-17(9-10-4-2-3-5-10)14(18)12-8-11(15)6-7-13(12)16/h6-8,10H,2-5,9H2,1H3. The van der Waals surface area contributed by atoms with Crippen molar-refractivity contribution in [2.45, 2.75) is 25.7 Å². The van der Waals surface area contributed by atoms with Gasteiger partial charge in [-0.05, 0) is 52.9 Å². The number of carbonyl (C=O) groups is 1. The monoisotopic (exact) mass is 373 g/mol. The van der Waals surface area contributed by atoms with Crippen LogP contribution in [0.5, 0.6) is 0 Å². The number of rotatable bonds is 3. The Balaban J connectivity index is 2.07. The Morgan fingerprint density at radius 3 is 2.67 bits per heavy atom. The molecule has 0 aliphatic heterocycles. The van der Waals surface area contributed by atoms with Crippen molar-refractivity contribution in [2.24, 2.45) is 5.92 Å². The molecule has 0 saturated heterocycles. The minimum absolute atomic E-state index is 0.0927. The molecule has 18 heavy (non-hydrogen) atoms. The fourth-order valence-electron chi connectivity index (χ4n) is 2.53. The summed E-state index contributed by atoms with van der Waals surface area (Å²) >= 11 is 6.85.